The number of anilines is 1. The first-order valence-corrected chi connectivity index (χ1v) is 11.6. The van der Waals surface area contributed by atoms with Crippen molar-refractivity contribution in [3.63, 3.8) is 0 Å². The van der Waals surface area contributed by atoms with Gasteiger partial charge in [-0.1, -0.05) is 12.1 Å². The second-order valence-electron chi connectivity index (χ2n) is 8.35. The van der Waals surface area contributed by atoms with E-state index in [1.165, 1.54) is 14.2 Å². The summed E-state index contributed by atoms with van der Waals surface area (Å²) >= 11 is 0. The highest BCUT2D eigenvalue weighted by Crippen LogP contribution is 2.46. The third kappa shape index (κ3) is 4.66. The highest BCUT2D eigenvalue weighted by molar-refractivity contribution is 6.05. The van der Waals surface area contributed by atoms with Crippen LogP contribution in [0.2, 0.25) is 0 Å². The maximum absolute atomic E-state index is 13.9. The van der Waals surface area contributed by atoms with Gasteiger partial charge < -0.3 is 29.2 Å². The van der Waals surface area contributed by atoms with Crippen LogP contribution in [0.4, 0.5) is 5.69 Å². The maximum atomic E-state index is 13.9. The number of fused-ring (bicyclic) bond motifs is 1. The highest BCUT2D eigenvalue weighted by atomic mass is 16.5. The number of nitrogens with zero attached hydrogens (tertiary/aromatic N) is 1. The minimum Gasteiger partial charge on any atom is -0.497 e. The largest absolute Gasteiger partial charge is 0.497 e. The lowest BCUT2D eigenvalue weighted by molar-refractivity contribution is -0.119. The summed E-state index contributed by atoms with van der Waals surface area (Å²) in [6.07, 6.45) is 0. The first kappa shape index (κ1) is 24.9. The number of amides is 2. The van der Waals surface area contributed by atoms with Gasteiger partial charge in [0.15, 0.2) is 11.5 Å². The van der Waals surface area contributed by atoms with Gasteiger partial charge in [0.2, 0.25) is 5.91 Å². The predicted molar refractivity (Wildman–Crippen MR) is 136 cm³/mol. The van der Waals surface area contributed by atoms with Crippen LogP contribution in [-0.4, -0.2) is 51.7 Å². The Morgan fingerprint density at radius 1 is 0.889 bits per heavy atom. The van der Waals surface area contributed by atoms with Gasteiger partial charge in [0.05, 0.1) is 39.9 Å². The molecule has 0 unspecified atom stereocenters. The van der Waals surface area contributed by atoms with Gasteiger partial charge in [-0.05, 0) is 66.6 Å². The number of nitrogens with one attached hydrogen (secondary N) is 1. The van der Waals surface area contributed by atoms with Crippen molar-refractivity contribution < 1.29 is 28.5 Å². The van der Waals surface area contributed by atoms with Crippen molar-refractivity contribution in [1.82, 2.24) is 4.90 Å². The van der Waals surface area contributed by atoms with E-state index in [9.17, 15) is 9.59 Å². The zero-order valence-corrected chi connectivity index (χ0v) is 21.0. The van der Waals surface area contributed by atoms with Crippen molar-refractivity contribution in [2.45, 2.75) is 18.9 Å². The van der Waals surface area contributed by atoms with Crippen molar-refractivity contribution in [1.29, 1.82) is 0 Å². The number of methoxy groups -OCH3 is 3. The number of hydrogen-bond donors (Lipinski definition) is 1. The van der Waals surface area contributed by atoms with E-state index in [4.69, 9.17) is 18.9 Å². The molecule has 2 amide bonds. The first-order valence-electron chi connectivity index (χ1n) is 11.6. The van der Waals surface area contributed by atoms with Crippen molar-refractivity contribution in [3.05, 3.63) is 77.4 Å². The van der Waals surface area contributed by atoms with Crippen LogP contribution in [0.1, 0.15) is 40.4 Å². The molecule has 188 valence electrons. The van der Waals surface area contributed by atoms with E-state index >= 15 is 0 Å². The SMILES string of the molecule is CCOc1ccc(NC(=O)[C@H]2c3cc(OC)c(OC)cc3C(=O)N(C)[C@H]2c2ccc(OC)cc2)cc1. The average molecular weight is 491 g/mol. The van der Waals surface area contributed by atoms with Crippen LogP contribution in [-0.2, 0) is 4.79 Å². The maximum Gasteiger partial charge on any atom is 0.254 e. The molecule has 0 spiro atoms. The van der Waals surface area contributed by atoms with Gasteiger partial charge >= 0.3 is 0 Å². The van der Waals surface area contributed by atoms with Gasteiger partial charge in [-0.2, -0.15) is 0 Å². The second kappa shape index (κ2) is 10.6. The molecule has 1 aliphatic heterocycles. The normalized spacial score (nSPS) is 16.7. The molecular formula is C28H30N2O6. The smallest absolute Gasteiger partial charge is 0.254 e. The molecule has 3 aromatic carbocycles. The first-order chi connectivity index (χ1) is 17.4. The van der Waals surface area contributed by atoms with Crippen molar-refractivity contribution >= 4 is 17.5 Å². The molecule has 36 heavy (non-hydrogen) atoms. The van der Waals surface area contributed by atoms with Gasteiger partial charge in [0.1, 0.15) is 11.5 Å². The van der Waals surface area contributed by atoms with Crippen molar-refractivity contribution in [3.8, 4) is 23.0 Å². The molecule has 0 fully saturated rings. The standard InChI is InChI=1S/C28H30N2O6/c1-6-36-20-13-9-18(10-14-20)29-27(31)25-21-15-23(34-4)24(35-5)16-22(21)28(32)30(2)26(25)17-7-11-19(33-3)12-8-17/h7-16,25-26H,6H2,1-5H3,(H,29,31)/t25-,26-/m0/s1. The van der Waals surface area contributed by atoms with E-state index < -0.39 is 12.0 Å². The lowest BCUT2D eigenvalue weighted by atomic mass is 9.79. The molecule has 8 heteroatoms. The Morgan fingerprint density at radius 3 is 2.08 bits per heavy atom. The number of likely N-dealkylation sites (N-methyl/N-ethyl adjacent to an activating group) is 1. The molecule has 0 bridgehead atoms. The van der Waals surface area contributed by atoms with Crippen molar-refractivity contribution in [2.75, 3.05) is 40.3 Å². The third-order valence-electron chi connectivity index (χ3n) is 6.35. The number of hydrogen-bond acceptors (Lipinski definition) is 6. The predicted octanol–water partition coefficient (Wildman–Crippen LogP) is 4.66. The van der Waals surface area contributed by atoms with Crippen LogP contribution in [0.5, 0.6) is 23.0 Å². The van der Waals surface area contributed by atoms with E-state index in [2.05, 4.69) is 5.32 Å². The summed E-state index contributed by atoms with van der Waals surface area (Å²) in [6.45, 7) is 2.47. The number of carbonyl (C=O) groups is 2. The van der Waals surface area contributed by atoms with Gasteiger partial charge in [0.25, 0.3) is 5.91 Å². The summed E-state index contributed by atoms with van der Waals surface area (Å²) in [5.41, 5.74) is 2.39. The summed E-state index contributed by atoms with van der Waals surface area (Å²) in [7, 11) is 6.33. The summed E-state index contributed by atoms with van der Waals surface area (Å²) in [5, 5.41) is 3.02. The highest BCUT2D eigenvalue weighted by Gasteiger charge is 2.43. The fraction of sp³-hybridized carbons (Fsp3) is 0.286. The summed E-state index contributed by atoms with van der Waals surface area (Å²) < 4.78 is 21.7. The van der Waals surface area contributed by atoms with Gasteiger partial charge in [0, 0.05) is 18.3 Å². The van der Waals surface area contributed by atoms with Crippen molar-refractivity contribution in [2.24, 2.45) is 0 Å². The molecule has 0 saturated heterocycles. The number of carbonyl (C=O) groups excluding carboxylic acids is 2. The number of rotatable bonds is 8. The zero-order chi connectivity index (χ0) is 25.8. The average Bonchev–Trinajstić information content (AvgIpc) is 2.91. The summed E-state index contributed by atoms with van der Waals surface area (Å²) in [4.78, 5) is 28.9. The monoisotopic (exact) mass is 490 g/mol. The van der Waals surface area contributed by atoms with Gasteiger partial charge in [-0.3, -0.25) is 9.59 Å². The van der Waals surface area contributed by atoms with Crippen LogP contribution < -0.4 is 24.3 Å². The molecule has 0 radical (unpaired) electrons. The molecule has 0 saturated carbocycles. The molecule has 4 rings (SSSR count). The van der Waals surface area contributed by atoms with E-state index in [0.717, 1.165) is 11.3 Å². The van der Waals surface area contributed by atoms with E-state index in [1.54, 1.807) is 55.5 Å². The topological polar surface area (TPSA) is 86.3 Å². The summed E-state index contributed by atoms with van der Waals surface area (Å²) in [5.74, 6) is 1.09. The minimum atomic E-state index is -0.720. The molecule has 3 aromatic rings. The number of benzene rings is 3. The van der Waals surface area contributed by atoms with Crippen LogP contribution in [0.15, 0.2) is 60.7 Å². The Morgan fingerprint density at radius 2 is 1.50 bits per heavy atom. The molecule has 1 heterocycles. The van der Waals surface area contributed by atoms with Crippen LogP contribution >= 0.6 is 0 Å². The van der Waals surface area contributed by atoms with E-state index in [-0.39, 0.29) is 11.8 Å². The molecule has 2 atom stereocenters. The van der Waals surface area contributed by atoms with Gasteiger partial charge in [-0.15, -0.1) is 0 Å². The second-order valence-corrected chi connectivity index (χ2v) is 8.35. The van der Waals surface area contributed by atoms with Crippen LogP contribution in [0, 0.1) is 0 Å². The Bertz CT molecular complexity index is 1240. The fourth-order valence-corrected chi connectivity index (χ4v) is 4.57. The quantitative estimate of drug-likeness (QED) is 0.494. The Balaban J connectivity index is 1.81. The van der Waals surface area contributed by atoms with Crippen LogP contribution in [0.3, 0.4) is 0 Å². The molecule has 8 nitrogen and oxygen atoms in total. The lowest BCUT2D eigenvalue weighted by Gasteiger charge is -2.40. The molecule has 0 aromatic heterocycles. The Kier molecular flexibility index (Phi) is 7.33. The van der Waals surface area contributed by atoms with Gasteiger partial charge in [-0.25, -0.2) is 0 Å². The third-order valence-corrected chi connectivity index (χ3v) is 6.35. The Labute approximate surface area is 210 Å². The molecule has 1 N–H and O–H groups in total. The van der Waals surface area contributed by atoms with Crippen LogP contribution in [0.25, 0.3) is 0 Å². The fourth-order valence-electron chi connectivity index (χ4n) is 4.57. The molecule has 1 aliphatic rings. The number of ether oxygens (including phenoxy) is 4. The molecule has 0 aliphatic carbocycles. The molecular weight excluding hydrogens is 460 g/mol. The Hall–Kier alpha value is -4.20. The minimum absolute atomic E-state index is 0.211. The van der Waals surface area contributed by atoms with E-state index in [0.29, 0.717) is 40.7 Å². The zero-order valence-electron chi connectivity index (χ0n) is 21.0. The summed E-state index contributed by atoms with van der Waals surface area (Å²) in [6, 6.07) is 17.4. The lowest BCUT2D eigenvalue weighted by Crippen LogP contribution is -2.44. The van der Waals surface area contributed by atoms with E-state index in [1.807, 2.05) is 31.2 Å².